The van der Waals surface area contributed by atoms with Crippen LogP contribution in [0.5, 0.6) is 0 Å². The van der Waals surface area contributed by atoms with E-state index in [1.807, 2.05) is 19.1 Å². The Labute approximate surface area is 62.4 Å². The maximum Gasteiger partial charge on any atom is 0.111 e. The van der Waals surface area contributed by atoms with Gasteiger partial charge in [0.05, 0.1) is 0 Å². The van der Waals surface area contributed by atoms with Crippen LogP contribution in [0.4, 0.5) is 4.39 Å². The van der Waals surface area contributed by atoms with Crippen LogP contribution >= 0.6 is 0 Å². The number of halogens is 1. The van der Waals surface area contributed by atoms with Crippen LogP contribution in [-0.2, 0) is 0 Å². The average molecular weight is 142 g/mol. The standard InChI is InChI=1S/C9H15F/c1-4-8(2)5-6-9(3)7-10/h5-6H,4,7H2,1-3H3/b8-5-,9-6-. The highest BCUT2D eigenvalue weighted by molar-refractivity contribution is 5.15. The molecule has 0 aliphatic heterocycles. The van der Waals surface area contributed by atoms with Crippen molar-refractivity contribution in [2.45, 2.75) is 27.2 Å². The van der Waals surface area contributed by atoms with Crippen LogP contribution in [0.25, 0.3) is 0 Å². The second-order valence-corrected chi connectivity index (χ2v) is 2.51. The third kappa shape index (κ3) is 4.30. The minimum Gasteiger partial charge on any atom is -0.246 e. The molecular formula is C9H15F. The maximum atomic E-state index is 11.8. The highest BCUT2D eigenvalue weighted by Crippen LogP contribution is 2.00. The summed E-state index contributed by atoms with van der Waals surface area (Å²) in [5.41, 5.74) is 2.07. The highest BCUT2D eigenvalue weighted by Gasteiger charge is 1.83. The predicted octanol–water partition coefficient (Wildman–Crippen LogP) is 3.26. The summed E-state index contributed by atoms with van der Waals surface area (Å²) in [6.45, 7) is 5.58. The van der Waals surface area contributed by atoms with Gasteiger partial charge in [-0.1, -0.05) is 24.6 Å². The van der Waals surface area contributed by atoms with Crippen LogP contribution in [-0.4, -0.2) is 6.67 Å². The van der Waals surface area contributed by atoms with Gasteiger partial charge in [-0.15, -0.1) is 0 Å². The second-order valence-electron chi connectivity index (χ2n) is 2.51. The van der Waals surface area contributed by atoms with Crippen LogP contribution in [0.2, 0.25) is 0 Å². The van der Waals surface area contributed by atoms with E-state index in [4.69, 9.17) is 0 Å². The molecule has 0 N–H and O–H groups in total. The number of rotatable bonds is 3. The maximum absolute atomic E-state index is 11.8. The molecule has 0 spiro atoms. The summed E-state index contributed by atoms with van der Waals surface area (Å²) in [6, 6.07) is 0. The lowest BCUT2D eigenvalue weighted by Crippen LogP contribution is -1.76. The summed E-state index contributed by atoms with van der Waals surface area (Å²) in [4.78, 5) is 0. The molecule has 0 aromatic heterocycles. The molecule has 0 saturated heterocycles. The third-order valence-electron chi connectivity index (χ3n) is 1.42. The molecular weight excluding hydrogens is 127 g/mol. The molecule has 0 saturated carbocycles. The quantitative estimate of drug-likeness (QED) is 0.530. The lowest BCUT2D eigenvalue weighted by molar-refractivity contribution is 0.543. The predicted molar refractivity (Wildman–Crippen MR) is 43.8 cm³/mol. The van der Waals surface area contributed by atoms with E-state index in [0.29, 0.717) is 0 Å². The highest BCUT2D eigenvalue weighted by atomic mass is 19.1. The molecule has 10 heavy (non-hydrogen) atoms. The van der Waals surface area contributed by atoms with Gasteiger partial charge in [0.15, 0.2) is 0 Å². The average Bonchev–Trinajstić information content (AvgIpc) is 1.99. The molecule has 0 atom stereocenters. The van der Waals surface area contributed by atoms with Gasteiger partial charge >= 0.3 is 0 Å². The third-order valence-corrected chi connectivity index (χ3v) is 1.42. The van der Waals surface area contributed by atoms with Crippen molar-refractivity contribution in [1.82, 2.24) is 0 Å². The van der Waals surface area contributed by atoms with Crippen LogP contribution in [0.3, 0.4) is 0 Å². The number of alkyl halides is 1. The molecule has 0 nitrogen and oxygen atoms in total. The zero-order chi connectivity index (χ0) is 7.98. The fourth-order valence-corrected chi connectivity index (χ4v) is 0.447. The first kappa shape index (κ1) is 9.41. The lowest BCUT2D eigenvalue weighted by atomic mass is 10.2. The van der Waals surface area contributed by atoms with Gasteiger partial charge in [-0.25, -0.2) is 4.39 Å². The van der Waals surface area contributed by atoms with Crippen molar-refractivity contribution >= 4 is 0 Å². The molecule has 1 heteroatoms. The van der Waals surface area contributed by atoms with E-state index in [9.17, 15) is 4.39 Å². The van der Waals surface area contributed by atoms with E-state index in [1.54, 1.807) is 6.92 Å². The monoisotopic (exact) mass is 142 g/mol. The molecule has 0 bridgehead atoms. The lowest BCUT2D eigenvalue weighted by Gasteiger charge is -1.91. The molecule has 0 unspecified atom stereocenters. The summed E-state index contributed by atoms with van der Waals surface area (Å²) < 4.78 is 11.8. The fraction of sp³-hybridized carbons (Fsp3) is 0.556. The molecule has 0 rings (SSSR count). The molecule has 0 aromatic carbocycles. The molecule has 0 aliphatic carbocycles. The molecule has 0 aromatic rings. The van der Waals surface area contributed by atoms with Gasteiger partial charge in [0.2, 0.25) is 0 Å². The number of allylic oxidation sites excluding steroid dienone is 4. The molecule has 0 fully saturated rings. The van der Waals surface area contributed by atoms with Crippen molar-refractivity contribution in [2.24, 2.45) is 0 Å². The van der Waals surface area contributed by atoms with Crippen molar-refractivity contribution in [3.05, 3.63) is 23.3 Å². The van der Waals surface area contributed by atoms with E-state index in [2.05, 4.69) is 6.92 Å². The van der Waals surface area contributed by atoms with Gasteiger partial charge in [0, 0.05) is 0 Å². The van der Waals surface area contributed by atoms with Gasteiger partial charge in [0.1, 0.15) is 6.67 Å². The summed E-state index contributed by atoms with van der Waals surface area (Å²) in [6.07, 6.45) is 4.84. The van der Waals surface area contributed by atoms with Crippen molar-refractivity contribution in [1.29, 1.82) is 0 Å². The van der Waals surface area contributed by atoms with E-state index < -0.39 is 0 Å². The second kappa shape index (κ2) is 5.21. The summed E-state index contributed by atoms with van der Waals surface area (Å²) in [5, 5.41) is 0. The van der Waals surface area contributed by atoms with Crippen molar-refractivity contribution in [2.75, 3.05) is 6.67 Å². The first-order valence-electron chi connectivity index (χ1n) is 3.59. The normalized spacial score (nSPS) is 14.0. The zero-order valence-corrected chi connectivity index (χ0v) is 6.95. The number of hydrogen-bond acceptors (Lipinski definition) is 0. The first-order valence-corrected chi connectivity index (χ1v) is 3.59. The summed E-state index contributed by atoms with van der Waals surface area (Å²) >= 11 is 0. The molecule has 0 heterocycles. The molecule has 0 aliphatic rings. The summed E-state index contributed by atoms with van der Waals surface area (Å²) in [7, 11) is 0. The van der Waals surface area contributed by atoms with Crippen LogP contribution in [0, 0.1) is 0 Å². The Balaban J connectivity index is 3.91. The van der Waals surface area contributed by atoms with E-state index in [1.165, 1.54) is 5.57 Å². The van der Waals surface area contributed by atoms with Crippen LogP contribution < -0.4 is 0 Å². The van der Waals surface area contributed by atoms with Gasteiger partial charge in [-0.3, -0.25) is 0 Å². The molecule has 58 valence electrons. The van der Waals surface area contributed by atoms with Crippen LogP contribution in [0.15, 0.2) is 23.3 Å². The van der Waals surface area contributed by atoms with E-state index in [0.717, 1.165) is 12.0 Å². The Bertz CT molecular complexity index is 125. The fourth-order valence-electron chi connectivity index (χ4n) is 0.447. The van der Waals surface area contributed by atoms with Gasteiger partial charge in [0.25, 0.3) is 0 Å². The topological polar surface area (TPSA) is 0 Å². The Morgan fingerprint density at radius 3 is 2.10 bits per heavy atom. The van der Waals surface area contributed by atoms with E-state index in [-0.39, 0.29) is 6.67 Å². The Morgan fingerprint density at radius 1 is 1.20 bits per heavy atom. The molecule has 0 amide bonds. The minimum atomic E-state index is -0.340. The van der Waals surface area contributed by atoms with E-state index >= 15 is 0 Å². The zero-order valence-electron chi connectivity index (χ0n) is 6.95. The summed E-state index contributed by atoms with van der Waals surface area (Å²) in [5.74, 6) is 0. The Morgan fingerprint density at radius 2 is 1.70 bits per heavy atom. The molecule has 0 radical (unpaired) electrons. The largest absolute Gasteiger partial charge is 0.246 e. The number of hydrogen-bond donors (Lipinski definition) is 0. The van der Waals surface area contributed by atoms with Crippen molar-refractivity contribution in [3.63, 3.8) is 0 Å². The Kier molecular flexibility index (Phi) is 4.91. The van der Waals surface area contributed by atoms with Crippen molar-refractivity contribution < 1.29 is 4.39 Å². The smallest absolute Gasteiger partial charge is 0.111 e. The minimum absolute atomic E-state index is 0.340. The SMILES string of the molecule is CC/C(C)=C\C=C(\C)CF. The van der Waals surface area contributed by atoms with Gasteiger partial charge < -0.3 is 0 Å². The Hall–Kier alpha value is -0.590. The van der Waals surface area contributed by atoms with Crippen LogP contribution in [0.1, 0.15) is 27.2 Å². The van der Waals surface area contributed by atoms with Crippen molar-refractivity contribution in [3.8, 4) is 0 Å². The van der Waals surface area contributed by atoms with Gasteiger partial charge in [-0.2, -0.15) is 0 Å². The first-order chi connectivity index (χ1) is 4.70. The van der Waals surface area contributed by atoms with Gasteiger partial charge in [-0.05, 0) is 25.8 Å².